The molecule has 5 nitrogen and oxygen atoms in total. The maximum atomic E-state index is 5.88. The summed E-state index contributed by atoms with van der Waals surface area (Å²) in [5, 5.41) is 4.94. The number of quaternary nitrogens is 1. The molecule has 1 aliphatic rings. The van der Waals surface area contributed by atoms with E-state index in [2.05, 4.69) is 61.7 Å². The van der Waals surface area contributed by atoms with E-state index < -0.39 is 0 Å². The number of para-hydroxylation sites is 1. The van der Waals surface area contributed by atoms with Gasteiger partial charge in [0.15, 0.2) is 12.5 Å². The van der Waals surface area contributed by atoms with Crippen LogP contribution >= 0.6 is 12.2 Å². The fraction of sp³-hybridized carbons (Fsp3) is 0.364. The van der Waals surface area contributed by atoms with E-state index in [1.165, 1.54) is 10.5 Å². The lowest BCUT2D eigenvalue weighted by atomic mass is 10.1. The first kappa shape index (κ1) is 19.1. The van der Waals surface area contributed by atoms with Crippen LogP contribution in [0.3, 0.4) is 0 Å². The molecule has 2 atom stereocenters. The Labute approximate surface area is 171 Å². The monoisotopic (exact) mass is 395 g/mol. The Hall–Kier alpha value is -2.28. The largest absolute Gasteiger partial charge is 0.364 e. The summed E-state index contributed by atoms with van der Waals surface area (Å²) in [5.41, 5.74) is 3.33. The molecule has 0 aliphatic carbocycles. The number of hydrogen-bond acceptors (Lipinski definition) is 3. The molecule has 2 aromatic carbocycles. The molecule has 1 saturated heterocycles. The Morgan fingerprint density at radius 1 is 1.04 bits per heavy atom. The number of morpholine rings is 1. The zero-order chi connectivity index (χ0) is 19.7. The minimum absolute atomic E-state index is 0.251. The summed E-state index contributed by atoms with van der Waals surface area (Å²) < 4.78 is 10.7. The van der Waals surface area contributed by atoms with Gasteiger partial charge in [0.2, 0.25) is 4.77 Å². The zero-order valence-corrected chi connectivity index (χ0v) is 17.4. The van der Waals surface area contributed by atoms with Crippen molar-refractivity contribution >= 4 is 12.2 Å². The van der Waals surface area contributed by atoms with Crippen molar-refractivity contribution in [1.82, 2.24) is 14.3 Å². The minimum atomic E-state index is 0.251. The number of rotatable bonds is 4. The third kappa shape index (κ3) is 3.94. The highest BCUT2D eigenvalue weighted by Gasteiger charge is 2.27. The van der Waals surface area contributed by atoms with Crippen molar-refractivity contribution in [2.75, 3.05) is 13.1 Å². The van der Waals surface area contributed by atoms with Crippen LogP contribution in [-0.2, 0) is 11.4 Å². The van der Waals surface area contributed by atoms with Crippen molar-refractivity contribution < 1.29 is 9.64 Å². The van der Waals surface area contributed by atoms with Gasteiger partial charge >= 0.3 is 0 Å². The molecule has 4 rings (SSSR count). The highest BCUT2D eigenvalue weighted by molar-refractivity contribution is 7.71. The molecule has 6 heteroatoms. The summed E-state index contributed by atoms with van der Waals surface area (Å²) in [6, 6.07) is 18.7. The van der Waals surface area contributed by atoms with Gasteiger partial charge in [0.05, 0.1) is 0 Å². The smallest absolute Gasteiger partial charge is 0.207 e. The predicted octanol–water partition coefficient (Wildman–Crippen LogP) is 3.03. The normalized spacial score (nSPS) is 22.3. The van der Waals surface area contributed by atoms with Crippen molar-refractivity contribution in [2.24, 2.45) is 0 Å². The van der Waals surface area contributed by atoms with Gasteiger partial charge in [-0.05, 0) is 45.1 Å². The van der Waals surface area contributed by atoms with Crippen LogP contribution in [0.5, 0.6) is 0 Å². The molecule has 0 amide bonds. The third-order valence-corrected chi connectivity index (χ3v) is 5.55. The molecule has 0 saturated carbocycles. The van der Waals surface area contributed by atoms with Crippen LogP contribution in [0, 0.1) is 11.7 Å². The Bertz CT molecular complexity index is 984. The van der Waals surface area contributed by atoms with Crippen LogP contribution in [0.15, 0.2) is 54.6 Å². The van der Waals surface area contributed by atoms with Crippen molar-refractivity contribution in [3.05, 3.63) is 64.9 Å². The standard InChI is InChI=1S/C22H26N4OS/c1-16-9-11-19(12-10-16)21-23-25(15-24-13-17(2)27-18(3)14-24)22(28)26(21)20-7-5-4-6-8-20/h4-12,17-18H,13-15H2,1-3H3/p+1/t17-,18-/m1/s1. The second kappa shape index (κ2) is 7.99. The number of aryl methyl sites for hydroxylation is 1. The number of ether oxygens (including phenoxy) is 1. The third-order valence-electron chi connectivity index (χ3n) is 5.15. The number of benzene rings is 2. The van der Waals surface area contributed by atoms with Crippen LogP contribution in [0.4, 0.5) is 0 Å². The molecule has 28 heavy (non-hydrogen) atoms. The van der Waals surface area contributed by atoms with Crippen LogP contribution in [-0.4, -0.2) is 39.6 Å². The Kier molecular flexibility index (Phi) is 5.44. The molecule has 1 aromatic heterocycles. The van der Waals surface area contributed by atoms with Crippen LogP contribution in [0.2, 0.25) is 0 Å². The van der Waals surface area contributed by atoms with Gasteiger partial charge in [-0.25, -0.2) is 0 Å². The Morgan fingerprint density at radius 2 is 1.68 bits per heavy atom. The first-order chi connectivity index (χ1) is 13.5. The molecule has 2 heterocycles. The fourth-order valence-electron chi connectivity index (χ4n) is 3.94. The highest BCUT2D eigenvalue weighted by Crippen LogP contribution is 2.23. The summed E-state index contributed by atoms with van der Waals surface area (Å²) in [6.45, 7) is 9.03. The van der Waals surface area contributed by atoms with Gasteiger partial charge in [0, 0.05) is 11.3 Å². The fourth-order valence-corrected chi connectivity index (χ4v) is 4.24. The predicted molar refractivity (Wildman–Crippen MR) is 113 cm³/mol. The number of hydrogen-bond donors (Lipinski definition) is 1. The van der Waals surface area contributed by atoms with Gasteiger partial charge in [-0.2, -0.15) is 4.68 Å². The SMILES string of the molecule is Cc1ccc(-c2nn(C[NH+]3C[C@@H](C)O[C@H](C)C3)c(=S)n2-c2ccccc2)cc1. The maximum Gasteiger partial charge on any atom is 0.207 e. The average Bonchev–Trinajstić information content (AvgIpc) is 2.98. The van der Waals surface area contributed by atoms with Crippen LogP contribution in [0.1, 0.15) is 19.4 Å². The van der Waals surface area contributed by atoms with Crippen molar-refractivity contribution in [3.8, 4) is 17.1 Å². The molecule has 0 bridgehead atoms. The van der Waals surface area contributed by atoms with E-state index in [-0.39, 0.29) is 12.2 Å². The number of nitrogens with zero attached hydrogens (tertiary/aromatic N) is 3. The van der Waals surface area contributed by atoms with E-state index >= 15 is 0 Å². The lowest BCUT2D eigenvalue weighted by molar-refractivity contribution is -0.937. The van der Waals surface area contributed by atoms with Crippen molar-refractivity contribution in [3.63, 3.8) is 0 Å². The molecule has 1 fully saturated rings. The number of nitrogens with one attached hydrogen (secondary N) is 1. The molecule has 0 unspecified atom stereocenters. The summed E-state index contributed by atoms with van der Waals surface area (Å²) >= 11 is 5.87. The molecular formula is C22H27N4OS+. The van der Waals surface area contributed by atoms with Gasteiger partial charge in [-0.1, -0.05) is 48.0 Å². The molecular weight excluding hydrogens is 368 g/mol. The van der Waals surface area contributed by atoms with Gasteiger partial charge in [-0.15, -0.1) is 5.10 Å². The van der Waals surface area contributed by atoms with E-state index in [1.807, 2.05) is 22.9 Å². The van der Waals surface area contributed by atoms with E-state index in [0.717, 1.165) is 41.6 Å². The van der Waals surface area contributed by atoms with Crippen LogP contribution < -0.4 is 4.90 Å². The average molecular weight is 396 g/mol. The van der Waals surface area contributed by atoms with Gasteiger partial charge in [-0.3, -0.25) is 4.57 Å². The molecule has 1 aliphatic heterocycles. The Balaban J connectivity index is 1.76. The maximum absolute atomic E-state index is 5.88. The molecule has 1 N–H and O–H groups in total. The molecule has 3 aromatic rings. The van der Waals surface area contributed by atoms with Crippen molar-refractivity contribution in [2.45, 2.75) is 39.6 Å². The van der Waals surface area contributed by atoms with E-state index in [9.17, 15) is 0 Å². The second-order valence-corrected chi connectivity index (χ2v) is 8.08. The van der Waals surface area contributed by atoms with Crippen LogP contribution in [0.25, 0.3) is 17.1 Å². The van der Waals surface area contributed by atoms with E-state index in [0.29, 0.717) is 0 Å². The summed E-state index contributed by atoms with van der Waals surface area (Å²) in [4.78, 5) is 1.44. The summed E-state index contributed by atoms with van der Waals surface area (Å²) in [7, 11) is 0. The van der Waals surface area contributed by atoms with E-state index in [1.54, 1.807) is 0 Å². The lowest BCUT2D eigenvalue weighted by Gasteiger charge is -2.32. The topological polar surface area (TPSA) is 36.4 Å². The zero-order valence-electron chi connectivity index (χ0n) is 16.6. The van der Waals surface area contributed by atoms with E-state index in [4.69, 9.17) is 22.1 Å². The minimum Gasteiger partial charge on any atom is -0.364 e. The van der Waals surface area contributed by atoms with Gasteiger partial charge in [0.25, 0.3) is 0 Å². The van der Waals surface area contributed by atoms with Gasteiger partial charge in [0.1, 0.15) is 25.3 Å². The van der Waals surface area contributed by atoms with Gasteiger partial charge < -0.3 is 9.64 Å². The first-order valence-electron chi connectivity index (χ1n) is 9.82. The van der Waals surface area contributed by atoms with Crippen molar-refractivity contribution in [1.29, 1.82) is 0 Å². The lowest BCUT2D eigenvalue weighted by Crippen LogP contribution is -3.14. The summed E-state index contributed by atoms with van der Waals surface area (Å²) in [5.74, 6) is 0.880. The molecule has 0 radical (unpaired) electrons. The molecule has 146 valence electrons. The number of aromatic nitrogens is 3. The first-order valence-corrected chi connectivity index (χ1v) is 10.2. The quantitative estimate of drug-likeness (QED) is 0.690. The Morgan fingerprint density at radius 3 is 2.32 bits per heavy atom. The molecule has 0 spiro atoms. The summed E-state index contributed by atoms with van der Waals surface area (Å²) in [6.07, 6.45) is 0.501. The highest BCUT2D eigenvalue weighted by atomic mass is 32.1. The second-order valence-electron chi connectivity index (χ2n) is 7.72.